The predicted molar refractivity (Wildman–Crippen MR) is 153 cm³/mol. The van der Waals surface area contributed by atoms with Crippen molar-refractivity contribution in [3.8, 4) is 28.4 Å². The van der Waals surface area contributed by atoms with Crippen molar-refractivity contribution < 1.29 is 32.9 Å². The lowest BCUT2D eigenvalue weighted by molar-refractivity contribution is -0.294. The normalized spacial score (nSPS) is 20.0. The average Bonchev–Trinajstić information content (AvgIpc) is 3.44. The Kier molecular flexibility index (Phi) is 8.11. The predicted octanol–water partition coefficient (Wildman–Crippen LogP) is 4.07. The van der Waals surface area contributed by atoms with Gasteiger partial charge in [-0.05, 0) is 63.2 Å². The van der Waals surface area contributed by atoms with Crippen LogP contribution in [0.1, 0.15) is 26.6 Å². The van der Waals surface area contributed by atoms with Crippen LogP contribution in [0.25, 0.3) is 22.6 Å². The molecule has 0 unspecified atom stereocenters. The van der Waals surface area contributed by atoms with Crippen LogP contribution in [0.4, 0.5) is 16.0 Å². The maximum Gasteiger partial charge on any atom is 0.316 e. The van der Waals surface area contributed by atoms with E-state index in [-0.39, 0.29) is 31.1 Å². The summed E-state index contributed by atoms with van der Waals surface area (Å²) in [6, 6.07) is 14.5. The smallest absolute Gasteiger partial charge is 0.316 e. The van der Waals surface area contributed by atoms with Gasteiger partial charge in [0, 0.05) is 23.5 Å². The second-order valence-corrected chi connectivity index (χ2v) is 10.5. The van der Waals surface area contributed by atoms with Gasteiger partial charge in [0.2, 0.25) is 5.95 Å². The number of nitrogens with one attached hydrogen (secondary N) is 2. The van der Waals surface area contributed by atoms with Gasteiger partial charge in [-0.3, -0.25) is 9.59 Å². The number of ether oxygens (including phenoxy) is 4. The van der Waals surface area contributed by atoms with Crippen LogP contribution in [0.15, 0.2) is 60.8 Å². The summed E-state index contributed by atoms with van der Waals surface area (Å²) in [5.74, 6) is -3.27. The third kappa shape index (κ3) is 6.03. The zero-order chi connectivity index (χ0) is 30.8. The average molecular weight is 591 g/mol. The molecule has 0 bridgehead atoms. The Balaban J connectivity index is 1.54. The topological polar surface area (TPSA) is 164 Å². The molecule has 1 amide bonds. The molecule has 5 rings (SSSR count). The molecule has 0 spiro atoms. The van der Waals surface area contributed by atoms with Crippen molar-refractivity contribution in [2.75, 3.05) is 25.6 Å². The number of hydrogen-bond donors (Lipinski definition) is 3. The largest absolute Gasteiger partial charge is 0.497 e. The molecule has 1 aliphatic heterocycles. The van der Waals surface area contributed by atoms with Crippen LogP contribution in [0, 0.1) is 11.2 Å². The number of hydrogen-bond acceptors (Lipinski definition) is 10. The number of nitrogens with two attached hydrogens (primary N) is 1. The summed E-state index contributed by atoms with van der Waals surface area (Å²) in [4.78, 5) is 42.3. The molecule has 0 saturated carbocycles. The number of benzene rings is 2. The summed E-state index contributed by atoms with van der Waals surface area (Å²) < 4.78 is 36.3. The first-order chi connectivity index (χ1) is 20.5. The molecule has 2 aromatic carbocycles. The van der Waals surface area contributed by atoms with Gasteiger partial charge in [0.1, 0.15) is 17.0 Å². The van der Waals surface area contributed by atoms with E-state index < -0.39 is 28.9 Å². The number of methoxy groups -OCH3 is 1. The van der Waals surface area contributed by atoms with Gasteiger partial charge in [-0.15, -0.1) is 0 Å². The van der Waals surface area contributed by atoms with Crippen LogP contribution in [0.2, 0.25) is 0 Å². The van der Waals surface area contributed by atoms with E-state index in [0.717, 1.165) is 0 Å². The molecular formula is C30H31FN6O6. The zero-order valence-electron chi connectivity index (χ0n) is 24.0. The number of amides is 1. The van der Waals surface area contributed by atoms with Gasteiger partial charge in [0.25, 0.3) is 5.91 Å². The SMILES string of the molecule is COc1cccc(Nc2nccc(-c3[nH]c(C4(C(N)=O)OCC(C)(C(=O)OC(C)C)CO4)nc3-c3ccc(F)cc3)n2)c1. The first-order valence-electron chi connectivity index (χ1n) is 13.4. The third-order valence-corrected chi connectivity index (χ3v) is 6.72. The maximum atomic E-state index is 13.8. The molecule has 2 aromatic heterocycles. The van der Waals surface area contributed by atoms with Crippen LogP contribution in [0.5, 0.6) is 5.75 Å². The fourth-order valence-corrected chi connectivity index (χ4v) is 4.39. The molecule has 1 saturated heterocycles. The van der Waals surface area contributed by atoms with Crippen LogP contribution in [-0.2, 0) is 29.6 Å². The molecule has 1 aliphatic rings. The summed E-state index contributed by atoms with van der Waals surface area (Å²) in [5, 5.41) is 3.13. The standard InChI is InChI=1S/C30H31FN6O6/c1-17(2)43-27(39)29(3)15-41-30(25(32)38,42-16-29)26-36-23(18-8-10-19(31)11-9-18)24(37-26)22-12-13-33-28(35-22)34-20-6-5-7-21(14-20)40-4/h5-14,17H,15-16H2,1-4H3,(H2,32,38)(H,36,37)(H,33,34,35). The van der Waals surface area contributed by atoms with Crippen molar-refractivity contribution in [3.63, 3.8) is 0 Å². The Morgan fingerprint density at radius 2 is 1.81 bits per heavy atom. The number of esters is 1. The number of anilines is 2. The maximum absolute atomic E-state index is 13.8. The van der Waals surface area contributed by atoms with Crippen LogP contribution < -0.4 is 15.8 Å². The van der Waals surface area contributed by atoms with Gasteiger partial charge in [-0.1, -0.05) is 6.07 Å². The minimum Gasteiger partial charge on any atom is -0.497 e. The molecule has 4 aromatic rings. The summed E-state index contributed by atoms with van der Waals surface area (Å²) >= 11 is 0. The van der Waals surface area contributed by atoms with E-state index in [4.69, 9.17) is 24.7 Å². The summed E-state index contributed by atoms with van der Waals surface area (Å²) in [5.41, 5.74) is 6.89. The van der Waals surface area contributed by atoms with Crippen molar-refractivity contribution in [2.45, 2.75) is 32.7 Å². The van der Waals surface area contributed by atoms with Gasteiger partial charge >= 0.3 is 11.8 Å². The molecule has 0 radical (unpaired) electrons. The van der Waals surface area contributed by atoms with E-state index >= 15 is 0 Å². The van der Waals surface area contributed by atoms with Crippen LogP contribution in [-0.4, -0.2) is 58.2 Å². The Labute approximate surface area is 246 Å². The monoisotopic (exact) mass is 590 g/mol. The number of carbonyl (C=O) groups excluding carboxylic acids is 2. The first kappa shape index (κ1) is 29.6. The van der Waals surface area contributed by atoms with Gasteiger partial charge in [-0.25, -0.2) is 19.3 Å². The zero-order valence-corrected chi connectivity index (χ0v) is 24.0. The number of carbonyl (C=O) groups is 2. The van der Waals surface area contributed by atoms with E-state index in [0.29, 0.717) is 34.1 Å². The fourth-order valence-electron chi connectivity index (χ4n) is 4.39. The van der Waals surface area contributed by atoms with E-state index in [2.05, 4.69) is 25.3 Å². The molecule has 43 heavy (non-hydrogen) atoms. The molecule has 0 aliphatic carbocycles. The summed E-state index contributed by atoms with van der Waals surface area (Å²) in [6.45, 7) is 4.60. The second-order valence-electron chi connectivity index (χ2n) is 10.5. The molecular weight excluding hydrogens is 559 g/mol. The van der Waals surface area contributed by atoms with E-state index in [1.54, 1.807) is 46.2 Å². The van der Waals surface area contributed by atoms with E-state index in [1.165, 1.54) is 24.3 Å². The highest BCUT2D eigenvalue weighted by Gasteiger charge is 2.54. The molecule has 3 heterocycles. The highest BCUT2D eigenvalue weighted by atomic mass is 19.1. The molecule has 4 N–H and O–H groups in total. The second kappa shape index (κ2) is 11.8. The van der Waals surface area contributed by atoms with Gasteiger partial charge in [0.05, 0.1) is 43.5 Å². The Morgan fingerprint density at radius 3 is 2.47 bits per heavy atom. The van der Waals surface area contributed by atoms with Crippen molar-refractivity contribution in [1.82, 2.24) is 19.9 Å². The number of aromatic nitrogens is 4. The molecule has 1 fully saturated rings. The molecule has 13 heteroatoms. The van der Waals surface area contributed by atoms with Gasteiger partial charge < -0.3 is 35.0 Å². The van der Waals surface area contributed by atoms with E-state index in [1.807, 2.05) is 18.2 Å². The Bertz CT molecular complexity index is 1630. The Hall–Kier alpha value is -4.88. The number of primary amides is 1. The van der Waals surface area contributed by atoms with Crippen molar-refractivity contribution in [2.24, 2.45) is 11.1 Å². The summed E-state index contributed by atoms with van der Waals surface area (Å²) in [7, 11) is 1.57. The molecule has 224 valence electrons. The minimum absolute atomic E-state index is 0.0745. The number of imidazole rings is 1. The van der Waals surface area contributed by atoms with Gasteiger partial charge in [-0.2, -0.15) is 0 Å². The number of nitrogens with zero attached hydrogens (tertiary/aromatic N) is 3. The molecule has 0 atom stereocenters. The number of rotatable bonds is 9. The lowest BCUT2D eigenvalue weighted by Crippen LogP contribution is -2.56. The lowest BCUT2D eigenvalue weighted by Gasteiger charge is -2.40. The summed E-state index contributed by atoms with van der Waals surface area (Å²) in [6.07, 6.45) is 1.19. The van der Waals surface area contributed by atoms with Crippen LogP contribution >= 0.6 is 0 Å². The highest BCUT2D eigenvalue weighted by molar-refractivity contribution is 5.85. The molecule has 12 nitrogen and oxygen atoms in total. The van der Waals surface area contributed by atoms with Crippen molar-refractivity contribution in [1.29, 1.82) is 0 Å². The van der Waals surface area contributed by atoms with Gasteiger partial charge in [0.15, 0.2) is 5.82 Å². The Morgan fingerprint density at radius 1 is 1.09 bits per heavy atom. The van der Waals surface area contributed by atoms with E-state index in [9.17, 15) is 14.0 Å². The van der Waals surface area contributed by atoms with Crippen molar-refractivity contribution in [3.05, 3.63) is 72.4 Å². The quantitative estimate of drug-likeness (QED) is 0.242. The third-order valence-electron chi connectivity index (χ3n) is 6.72. The lowest BCUT2D eigenvalue weighted by atomic mass is 9.91. The number of halogens is 1. The number of aromatic amines is 1. The number of H-pyrrole nitrogens is 1. The van der Waals surface area contributed by atoms with Crippen LogP contribution in [0.3, 0.4) is 0 Å². The highest BCUT2D eigenvalue weighted by Crippen LogP contribution is 2.40. The minimum atomic E-state index is -2.15. The fraction of sp³-hybridized carbons (Fsp3) is 0.300. The van der Waals surface area contributed by atoms with Crippen molar-refractivity contribution >= 4 is 23.5 Å². The first-order valence-corrected chi connectivity index (χ1v) is 13.4.